The van der Waals surface area contributed by atoms with Crippen molar-refractivity contribution in [3.8, 4) is 5.75 Å². The SMILES string of the molecule is O=c1sccn1CC1CCOc2ccccc21. The minimum atomic E-state index is 0.119. The molecule has 4 heteroatoms. The van der Waals surface area contributed by atoms with Crippen molar-refractivity contribution in [3.63, 3.8) is 0 Å². The van der Waals surface area contributed by atoms with Crippen molar-refractivity contribution in [2.24, 2.45) is 0 Å². The van der Waals surface area contributed by atoms with Gasteiger partial charge in [-0.05, 0) is 18.1 Å². The summed E-state index contributed by atoms with van der Waals surface area (Å²) in [5.41, 5.74) is 1.22. The average Bonchev–Trinajstić information content (AvgIpc) is 2.76. The Hall–Kier alpha value is -1.55. The number of fused-ring (bicyclic) bond motifs is 1. The van der Waals surface area contributed by atoms with Gasteiger partial charge in [0.05, 0.1) is 6.61 Å². The Morgan fingerprint density at radius 3 is 3.12 bits per heavy atom. The predicted octanol–water partition coefficient (Wildman–Crippen LogP) is 2.48. The van der Waals surface area contributed by atoms with Crippen LogP contribution in [0.5, 0.6) is 5.75 Å². The smallest absolute Gasteiger partial charge is 0.307 e. The molecular formula is C13H13NO2S. The van der Waals surface area contributed by atoms with Gasteiger partial charge in [0.1, 0.15) is 5.75 Å². The Kier molecular flexibility index (Phi) is 2.73. The van der Waals surface area contributed by atoms with Crippen LogP contribution in [0.1, 0.15) is 17.9 Å². The molecule has 1 aromatic heterocycles. The Balaban J connectivity index is 1.91. The molecule has 3 nitrogen and oxygen atoms in total. The van der Waals surface area contributed by atoms with E-state index >= 15 is 0 Å². The highest BCUT2D eigenvalue weighted by molar-refractivity contribution is 7.07. The monoisotopic (exact) mass is 247 g/mol. The molecule has 0 N–H and O–H groups in total. The zero-order valence-electron chi connectivity index (χ0n) is 9.33. The van der Waals surface area contributed by atoms with E-state index in [1.165, 1.54) is 16.9 Å². The largest absolute Gasteiger partial charge is 0.493 e. The van der Waals surface area contributed by atoms with E-state index in [1.54, 1.807) is 4.57 Å². The first-order valence-electron chi connectivity index (χ1n) is 5.70. The van der Waals surface area contributed by atoms with Gasteiger partial charge in [-0.15, -0.1) is 0 Å². The molecular weight excluding hydrogens is 234 g/mol. The van der Waals surface area contributed by atoms with Crippen LogP contribution in [0.2, 0.25) is 0 Å². The highest BCUT2D eigenvalue weighted by Crippen LogP contribution is 2.34. The van der Waals surface area contributed by atoms with Crippen LogP contribution in [-0.2, 0) is 6.54 Å². The third-order valence-corrected chi connectivity index (χ3v) is 3.84. The minimum absolute atomic E-state index is 0.119. The molecule has 2 heterocycles. The van der Waals surface area contributed by atoms with Gasteiger partial charge in [0, 0.05) is 24.0 Å². The molecule has 3 rings (SSSR count). The fourth-order valence-corrected chi connectivity index (χ4v) is 2.86. The van der Waals surface area contributed by atoms with Crippen LogP contribution in [-0.4, -0.2) is 11.2 Å². The van der Waals surface area contributed by atoms with Gasteiger partial charge in [-0.2, -0.15) is 0 Å². The molecule has 0 bridgehead atoms. The van der Waals surface area contributed by atoms with Crippen LogP contribution < -0.4 is 9.61 Å². The third-order valence-electron chi connectivity index (χ3n) is 3.14. The van der Waals surface area contributed by atoms with Gasteiger partial charge in [0.2, 0.25) is 0 Å². The molecule has 1 aliphatic rings. The Labute approximate surface area is 103 Å². The summed E-state index contributed by atoms with van der Waals surface area (Å²) in [6, 6.07) is 8.10. The number of ether oxygens (including phenoxy) is 1. The lowest BCUT2D eigenvalue weighted by Crippen LogP contribution is -2.22. The number of hydrogen-bond acceptors (Lipinski definition) is 3. The second-order valence-electron chi connectivity index (χ2n) is 4.19. The van der Waals surface area contributed by atoms with Gasteiger partial charge in [-0.3, -0.25) is 4.79 Å². The first-order chi connectivity index (χ1) is 8.34. The topological polar surface area (TPSA) is 31.2 Å². The van der Waals surface area contributed by atoms with Crippen molar-refractivity contribution in [2.45, 2.75) is 18.9 Å². The Morgan fingerprint density at radius 2 is 2.29 bits per heavy atom. The van der Waals surface area contributed by atoms with E-state index in [0.29, 0.717) is 5.92 Å². The zero-order chi connectivity index (χ0) is 11.7. The number of hydrogen-bond donors (Lipinski definition) is 0. The van der Waals surface area contributed by atoms with Crippen molar-refractivity contribution in [1.82, 2.24) is 4.57 Å². The summed E-state index contributed by atoms with van der Waals surface area (Å²) < 4.78 is 7.41. The van der Waals surface area contributed by atoms with E-state index in [2.05, 4.69) is 6.07 Å². The third kappa shape index (κ3) is 2.00. The number of rotatable bonds is 2. The highest BCUT2D eigenvalue weighted by Gasteiger charge is 2.21. The highest BCUT2D eigenvalue weighted by atomic mass is 32.1. The van der Waals surface area contributed by atoms with E-state index in [4.69, 9.17) is 4.74 Å². The molecule has 0 saturated carbocycles. The lowest BCUT2D eigenvalue weighted by atomic mass is 9.93. The van der Waals surface area contributed by atoms with Gasteiger partial charge < -0.3 is 9.30 Å². The van der Waals surface area contributed by atoms with Crippen molar-refractivity contribution in [3.05, 3.63) is 51.1 Å². The predicted molar refractivity (Wildman–Crippen MR) is 67.9 cm³/mol. The number of thiazole rings is 1. The quantitative estimate of drug-likeness (QED) is 0.816. The molecule has 0 aliphatic carbocycles. The zero-order valence-corrected chi connectivity index (χ0v) is 10.2. The molecule has 0 amide bonds. The molecule has 0 saturated heterocycles. The fourth-order valence-electron chi connectivity index (χ4n) is 2.27. The van der Waals surface area contributed by atoms with E-state index in [-0.39, 0.29) is 4.87 Å². The maximum atomic E-state index is 11.6. The fraction of sp³-hybridized carbons (Fsp3) is 0.308. The van der Waals surface area contributed by atoms with Crippen LogP contribution in [0.4, 0.5) is 0 Å². The van der Waals surface area contributed by atoms with Crippen molar-refractivity contribution in [2.75, 3.05) is 6.61 Å². The second-order valence-corrected chi connectivity index (χ2v) is 5.05. The van der Waals surface area contributed by atoms with Gasteiger partial charge in [0.15, 0.2) is 0 Å². The van der Waals surface area contributed by atoms with Gasteiger partial charge in [0.25, 0.3) is 0 Å². The lowest BCUT2D eigenvalue weighted by molar-refractivity contribution is 0.258. The summed E-state index contributed by atoms with van der Waals surface area (Å²) in [6.07, 6.45) is 2.84. The molecule has 2 aromatic rings. The van der Waals surface area contributed by atoms with E-state index < -0.39 is 0 Å². The Bertz CT molecular complexity index is 573. The second kappa shape index (κ2) is 4.37. The molecule has 0 radical (unpaired) electrons. The molecule has 1 aromatic carbocycles. The minimum Gasteiger partial charge on any atom is -0.493 e. The average molecular weight is 247 g/mol. The standard InChI is InChI=1S/C13H13NO2S/c15-13-14(6-8-17-13)9-10-5-7-16-12-4-2-1-3-11(10)12/h1-4,6,8,10H,5,7,9H2. The molecule has 1 unspecified atom stereocenters. The summed E-state index contributed by atoms with van der Waals surface area (Å²) in [4.78, 5) is 11.7. The molecule has 1 atom stereocenters. The van der Waals surface area contributed by atoms with Crippen molar-refractivity contribution in [1.29, 1.82) is 0 Å². The van der Waals surface area contributed by atoms with Gasteiger partial charge in [-0.1, -0.05) is 29.5 Å². The maximum Gasteiger partial charge on any atom is 0.307 e. The summed E-state index contributed by atoms with van der Waals surface area (Å²) in [6.45, 7) is 1.49. The summed E-state index contributed by atoms with van der Waals surface area (Å²) in [7, 11) is 0. The Morgan fingerprint density at radius 1 is 1.41 bits per heavy atom. The van der Waals surface area contributed by atoms with E-state index in [9.17, 15) is 4.79 Å². The summed E-state index contributed by atoms with van der Waals surface area (Å²) in [5.74, 6) is 1.35. The normalized spacial score (nSPS) is 18.5. The first-order valence-corrected chi connectivity index (χ1v) is 6.58. The van der Waals surface area contributed by atoms with Crippen LogP contribution in [0, 0.1) is 0 Å². The van der Waals surface area contributed by atoms with Crippen LogP contribution in [0.3, 0.4) is 0 Å². The first kappa shape index (κ1) is 10.6. The van der Waals surface area contributed by atoms with E-state index in [1.807, 2.05) is 29.8 Å². The molecule has 0 fully saturated rings. The van der Waals surface area contributed by atoms with Crippen molar-refractivity contribution >= 4 is 11.3 Å². The van der Waals surface area contributed by atoms with Crippen LogP contribution in [0.25, 0.3) is 0 Å². The molecule has 0 spiro atoms. The summed E-state index contributed by atoms with van der Waals surface area (Å²) in [5, 5.41) is 1.84. The summed E-state index contributed by atoms with van der Waals surface area (Å²) >= 11 is 1.25. The van der Waals surface area contributed by atoms with Crippen LogP contribution >= 0.6 is 11.3 Å². The van der Waals surface area contributed by atoms with Crippen LogP contribution in [0.15, 0.2) is 40.6 Å². The van der Waals surface area contributed by atoms with Gasteiger partial charge in [-0.25, -0.2) is 0 Å². The maximum absolute atomic E-state index is 11.6. The number of para-hydroxylation sites is 1. The van der Waals surface area contributed by atoms with Crippen molar-refractivity contribution < 1.29 is 4.74 Å². The number of aromatic nitrogens is 1. The molecule has 1 aliphatic heterocycles. The molecule has 17 heavy (non-hydrogen) atoms. The van der Waals surface area contributed by atoms with Gasteiger partial charge >= 0.3 is 4.87 Å². The van der Waals surface area contributed by atoms with E-state index in [0.717, 1.165) is 25.3 Å². The molecule has 88 valence electrons. The lowest BCUT2D eigenvalue weighted by Gasteiger charge is -2.25. The number of nitrogens with zero attached hydrogens (tertiary/aromatic N) is 1. The number of benzene rings is 1.